The number of carbonyl (C=O) groups excluding carboxylic acids is 1. The maximum atomic E-state index is 12.3. The normalized spacial score (nSPS) is 22.0. The minimum atomic E-state index is -0.374. The van der Waals surface area contributed by atoms with Crippen molar-refractivity contribution in [1.82, 2.24) is 35.4 Å². The van der Waals surface area contributed by atoms with Gasteiger partial charge in [0.15, 0.2) is 5.65 Å². The Bertz CT molecular complexity index is 1480. The summed E-state index contributed by atoms with van der Waals surface area (Å²) in [5, 5.41) is 16.4. The van der Waals surface area contributed by atoms with E-state index in [9.17, 15) is 4.79 Å². The van der Waals surface area contributed by atoms with E-state index in [1.54, 1.807) is 13.2 Å². The van der Waals surface area contributed by atoms with Gasteiger partial charge >= 0.3 is 0 Å². The van der Waals surface area contributed by atoms with E-state index >= 15 is 0 Å². The van der Waals surface area contributed by atoms with Crippen LogP contribution in [-0.2, 0) is 4.79 Å². The number of nitrogens with zero attached hydrogens (tertiary/aromatic N) is 6. The van der Waals surface area contributed by atoms with Crippen molar-refractivity contribution >= 4 is 55.4 Å². The average molecular weight is 564 g/mol. The van der Waals surface area contributed by atoms with E-state index in [1.807, 2.05) is 23.9 Å². The number of aromatic nitrogens is 5. The van der Waals surface area contributed by atoms with Gasteiger partial charge in [0.25, 0.3) is 0 Å². The van der Waals surface area contributed by atoms with Crippen LogP contribution in [-0.4, -0.2) is 69.9 Å². The Balaban J connectivity index is 1.38. The van der Waals surface area contributed by atoms with E-state index in [0.29, 0.717) is 16.2 Å². The fraction of sp³-hybridized carbons (Fsp3) is 0.423. The Labute approximate surface area is 223 Å². The van der Waals surface area contributed by atoms with Crippen molar-refractivity contribution in [2.45, 2.75) is 32.2 Å². The second-order valence-corrected chi connectivity index (χ2v) is 10.9. The van der Waals surface area contributed by atoms with E-state index in [-0.39, 0.29) is 17.4 Å². The number of hydrogen-bond donors (Lipinski definition) is 3. The van der Waals surface area contributed by atoms with E-state index < -0.39 is 0 Å². The summed E-state index contributed by atoms with van der Waals surface area (Å²) < 4.78 is 2.56. The Morgan fingerprint density at radius 2 is 2.08 bits per heavy atom. The molecular weight excluding hydrogens is 534 g/mol. The van der Waals surface area contributed by atoms with Gasteiger partial charge in [0.05, 0.1) is 22.3 Å². The lowest BCUT2D eigenvalue weighted by molar-refractivity contribution is -0.129. The number of pyridine rings is 1. The molecule has 11 heteroatoms. The number of fused-ring (bicyclic) bond motifs is 2. The number of nitrogens with one attached hydrogen (secondary N) is 3. The molecule has 0 bridgehead atoms. The van der Waals surface area contributed by atoms with Crippen molar-refractivity contribution in [2.24, 2.45) is 5.41 Å². The molecule has 0 unspecified atom stereocenters. The zero-order valence-electron chi connectivity index (χ0n) is 21.0. The maximum absolute atomic E-state index is 12.3. The number of piperazine rings is 1. The van der Waals surface area contributed by atoms with Crippen LogP contribution in [0, 0.1) is 5.41 Å². The molecule has 3 aromatic heterocycles. The molecule has 4 heterocycles. The van der Waals surface area contributed by atoms with Gasteiger partial charge in [0.2, 0.25) is 11.9 Å². The second-order valence-electron chi connectivity index (χ2n) is 10.1. The topological polar surface area (TPSA) is 113 Å². The van der Waals surface area contributed by atoms with Crippen LogP contribution in [0.4, 0.5) is 11.6 Å². The third-order valence-electron chi connectivity index (χ3n) is 7.60. The first-order chi connectivity index (χ1) is 17.9. The lowest BCUT2D eigenvalue weighted by Crippen LogP contribution is -2.43. The first-order valence-electron chi connectivity index (χ1n) is 12.7. The standard InChI is InChI=1S/C26H30BrN9O/c1-26(24(37)28-2)6-5-17(14-26)32-25-31-15-19-22(27)34-36(23(19)33-25)18-12-16-4-3-7-30-21(16)20(13-18)35-10-8-29-9-11-35/h3-4,7,12-13,15,17,29H,5-6,8-11,14H2,1-2H3,(H,28,37)(H,31,32,33)/t17-,26-/m1/s1. The first-order valence-corrected chi connectivity index (χ1v) is 13.5. The van der Waals surface area contributed by atoms with Crippen LogP contribution in [0.2, 0.25) is 0 Å². The van der Waals surface area contributed by atoms with Gasteiger partial charge in [0, 0.05) is 62.5 Å². The number of carbonyl (C=O) groups is 1. The Morgan fingerprint density at radius 1 is 1.24 bits per heavy atom. The van der Waals surface area contributed by atoms with Crippen molar-refractivity contribution in [1.29, 1.82) is 0 Å². The van der Waals surface area contributed by atoms with Gasteiger partial charge in [-0.05, 0) is 53.4 Å². The Morgan fingerprint density at radius 3 is 2.89 bits per heavy atom. The number of anilines is 2. The fourth-order valence-corrected chi connectivity index (χ4v) is 6.04. The van der Waals surface area contributed by atoms with Crippen LogP contribution in [0.5, 0.6) is 0 Å². The lowest BCUT2D eigenvalue weighted by atomic mass is 9.87. The zero-order chi connectivity index (χ0) is 25.6. The molecule has 3 N–H and O–H groups in total. The highest BCUT2D eigenvalue weighted by Crippen LogP contribution is 2.39. The average Bonchev–Trinajstić information content (AvgIpc) is 3.47. The van der Waals surface area contributed by atoms with Gasteiger partial charge in [-0.15, -0.1) is 0 Å². The molecule has 1 aliphatic carbocycles. The summed E-state index contributed by atoms with van der Waals surface area (Å²) in [6.45, 7) is 5.75. The maximum Gasteiger partial charge on any atom is 0.225 e. The second kappa shape index (κ2) is 9.53. The van der Waals surface area contributed by atoms with E-state index in [1.165, 1.54) is 0 Å². The molecule has 1 saturated heterocycles. The smallest absolute Gasteiger partial charge is 0.225 e. The minimum Gasteiger partial charge on any atom is -0.367 e. The molecule has 1 saturated carbocycles. The minimum absolute atomic E-state index is 0.0845. The molecule has 2 fully saturated rings. The lowest BCUT2D eigenvalue weighted by Gasteiger charge is -2.30. The molecular formula is C26H30BrN9O. The SMILES string of the molecule is CNC(=O)[C@]1(C)CC[C@@H](Nc2ncc3c(Br)nn(-c4cc(N5CCNCC5)c5ncccc5c4)c3n2)C1. The van der Waals surface area contributed by atoms with Crippen molar-refractivity contribution < 1.29 is 4.79 Å². The van der Waals surface area contributed by atoms with Crippen molar-refractivity contribution in [3.05, 3.63) is 41.3 Å². The van der Waals surface area contributed by atoms with Gasteiger partial charge < -0.3 is 20.9 Å². The van der Waals surface area contributed by atoms with Crippen LogP contribution < -0.4 is 20.9 Å². The van der Waals surface area contributed by atoms with E-state index in [4.69, 9.17) is 15.1 Å². The monoisotopic (exact) mass is 563 g/mol. The van der Waals surface area contributed by atoms with Gasteiger partial charge in [-0.1, -0.05) is 13.0 Å². The van der Waals surface area contributed by atoms with Crippen molar-refractivity contribution in [3.63, 3.8) is 0 Å². The molecule has 2 atom stereocenters. The Kier molecular flexibility index (Phi) is 6.20. The first kappa shape index (κ1) is 24.1. The molecule has 2 aliphatic rings. The number of benzene rings is 1. The molecule has 192 valence electrons. The van der Waals surface area contributed by atoms with Crippen LogP contribution >= 0.6 is 15.9 Å². The van der Waals surface area contributed by atoms with Gasteiger partial charge in [-0.3, -0.25) is 9.78 Å². The molecule has 0 spiro atoms. The summed E-state index contributed by atoms with van der Waals surface area (Å²) in [7, 11) is 1.70. The van der Waals surface area contributed by atoms with Gasteiger partial charge in [0.1, 0.15) is 4.60 Å². The Hall–Kier alpha value is -3.31. The molecule has 1 aromatic carbocycles. The summed E-state index contributed by atoms with van der Waals surface area (Å²) in [6, 6.07) is 8.44. The largest absolute Gasteiger partial charge is 0.367 e. The number of rotatable bonds is 5. The molecule has 1 amide bonds. The molecule has 37 heavy (non-hydrogen) atoms. The predicted molar refractivity (Wildman–Crippen MR) is 148 cm³/mol. The molecule has 1 aliphatic heterocycles. The highest BCUT2D eigenvalue weighted by Gasteiger charge is 2.41. The highest BCUT2D eigenvalue weighted by molar-refractivity contribution is 9.10. The predicted octanol–water partition coefficient (Wildman–Crippen LogP) is 3.25. The van der Waals surface area contributed by atoms with Crippen LogP contribution in [0.25, 0.3) is 27.6 Å². The molecule has 0 radical (unpaired) electrons. The molecule has 6 rings (SSSR count). The quantitative estimate of drug-likeness (QED) is 0.339. The summed E-state index contributed by atoms with van der Waals surface area (Å²) in [5.74, 6) is 0.623. The zero-order valence-corrected chi connectivity index (χ0v) is 22.5. The third kappa shape index (κ3) is 4.40. The summed E-state index contributed by atoms with van der Waals surface area (Å²) in [6.07, 6.45) is 6.10. The summed E-state index contributed by atoms with van der Waals surface area (Å²) in [5.41, 5.74) is 3.34. The van der Waals surface area contributed by atoms with Crippen molar-refractivity contribution in [2.75, 3.05) is 43.4 Å². The van der Waals surface area contributed by atoms with Gasteiger partial charge in [-0.2, -0.15) is 10.1 Å². The third-order valence-corrected chi connectivity index (χ3v) is 8.19. The summed E-state index contributed by atoms with van der Waals surface area (Å²) >= 11 is 3.60. The summed E-state index contributed by atoms with van der Waals surface area (Å²) in [4.78, 5) is 28.9. The number of halogens is 1. The van der Waals surface area contributed by atoms with Gasteiger partial charge in [-0.25, -0.2) is 9.67 Å². The van der Waals surface area contributed by atoms with Crippen LogP contribution in [0.1, 0.15) is 26.2 Å². The van der Waals surface area contributed by atoms with Crippen LogP contribution in [0.3, 0.4) is 0 Å². The highest BCUT2D eigenvalue weighted by atomic mass is 79.9. The van der Waals surface area contributed by atoms with Crippen molar-refractivity contribution in [3.8, 4) is 5.69 Å². The molecule has 4 aromatic rings. The van der Waals surface area contributed by atoms with E-state index in [2.05, 4.69) is 60.0 Å². The fourth-order valence-electron chi connectivity index (χ4n) is 5.60. The number of amides is 1. The van der Waals surface area contributed by atoms with Crippen LogP contribution in [0.15, 0.2) is 41.3 Å². The molecule has 10 nitrogen and oxygen atoms in total. The number of hydrogen-bond acceptors (Lipinski definition) is 8. The van der Waals surface area contributed by atoms with E-state index in [0.717, 1.165) is 73.1 Å².